The first-order valence-electron chi connectivity index (χ1n) is 11.9. The molecular formula is C27H29N6O3+. The first-order valence-corrected chi connectivity index (χ1v) is 11.9. The number of hydrogen-bond acceptors (Lipinski definition) is 7. The summed E-state index contributed by atoms with van der Waals surface area (Å²) in [5, 5.41) is 3.33. The molecule has 3 aromatic heterocycles. The Morgan fingerprint density at radius 3 is 3.03 bits per heavy atom. The highest BCUT2D eigenvalue weighted by Gasteiger charge is 2.11. The van der Waals surface area contributed by atoms with Gasteiger partial charge in [-0.1, -0.05) is 6.08 Å². The maximum absolute atomic E-state index is 6.08. The number of hydrogen-bond donors (Lipinski definition) is 1. The molecule has 1 aromatic carbocycles. The van der Waals surface area contributed by atoms with Crippen LogP contribution in [0.4, 0.5) is 11.6 Å². The molecule has 9 heteroatoms. The summed E-state index contributed by atoms with van der Waals surface area (Å²) < 4.78 is 18.5. The van der Waals surface area contributed by atoms with Gasteiger partial charge in [0.05, 0.1) is 31.8 Å². The number of pyridine rings is 1. The standard InChI is InChI=1S/C27H28N6O3/c1-20-16-30-27-31-23-4-5-25(36-13-10-33-9-8-28-19-33)22(15-23)17-34-11-2-3-12-35-18-24-14-21(6-7-29-24)26(20)32-27/h2-9,14-16,19H,10-13,17-18H2,1H3,(H,30,31,32)/p+1/b3-2+. The number of aryl methyl sites for hydroxylation is 1. The second-order valence-electron chi connectivity index (χ2n) is 8.41. The molecule has 0 unspecified atom stereocenters. The maximum Gasteiger partial charge on any atom is 0.227 e. The Bertz CT molecular complexity index is 1320. The maximum atomic E-state index is 6.08. The lowest BCUT2D eigenvalue weighted by Gasteiger charge is -2.15. The highest BCUT2D eigenvalue weighted by Crippen LogP contribution is 2.27. The summed E-state index contributed by atoms with van der Waals surface area (Å²) in [5.41, 5.74) is 5.54. The Kier molecular flexibility index (Phi) is 7.60. The van der Waals surface area contributed by atoms with Gasteiger partial charge in [0, 0.05) is 41.6 Å². The van der Waals surface area contributed by atoms with E-state index in [0.29, 0.717) is 45.5 Å². The van der Waals surface area contributed by atoms with Crippen molar-refractivity contribution in [1.29, 1.82) is 0 Å². The van der Waals surface area contributed by atoms with Crippen LogP contribution in [-0.2, 0) is 24.5 Å². The average molecular weight is 486 g/mol. The van der Waals surface area contributed by atoms with Crippen LogP contribution in [-0.4, -0.2) is 49.1 Å². The number of ether oxygens (including phenoxy) is 3. The van der Waals surface area contributed by atoms with E-state index < -0.39 is 0 Å². The third-order valence-corrected chi connectivity index (χ3v) is 5.69. The van der Waals surface area contributed by atoms with Crippen LogP contribution in [0.2, 0.25) is 0 Å². The Morgan fingerprint density at radius 2 is 2.11 bits per heavy atom. The number of aliphatic hydroxyl groups is 2. The summed E-state index contributed by atoms with van der Waals surface area (Å²) in [6, 6.07) is 9.93. The summed E-state index contributed by atoms with van der Waals surface area (Å²) in [6.45, 7) is 5.28. The molecule has 36 heavy (non-hydrogen) atoms. The number of benzene rings is 1. The molecule has 0 atom stereocenters. The van der Waals surface area contributed by atoms with Gasteiger partial charge >= 0.3 is 0 Å². The van der Waals surface area contributed by atoms with Gasteiger partial charge in [-0.15, -0.1) is 0 Å². The average Bonchev–Trinajstić information content (AvgIpc) is 3.41. The normalized spacial score (nSPS) is 14.8. The molecule has 5 rings (SSSR count). The summed E-state index contributed by atoms with van der Waals surface area (Å²) in [5.74, 6) is 1.30. The van der Waals surface area contributed by atoms with Gasteiger partial charge < -0.3 is 24.1 Å². The fraction of sp³-hybridized carbons (Fsp3) is 0.259. The number of aromatic nitrogens is 5. The lowest BCUT2D eigenvalue weighted by Crippen LogP contribution is -2.09. The monoisotopic (exact) mass is 485 g/mol. The van der Waals surface area contributed by atoms with Gasteiger partial charge in [0.1, 0.15) is 18.1 Å². The molecule has 0 spiro atoms. The van der Waals surface area contributed by atoms with Crippen LogP contribution in [0.15, 0.2) is 73.6 Å². The van der Waals surface area contributed by atoms with Gasteiger partial charge in [0.2, 0.25) is 5.95 Å². The van der Waals surface area contributed by atoms with Crippen LogP contribution in [0, 0.1) is 6.92 Å². The summed E-state index contributed by atoms with van der Waals surface area (Å²) >= 11 is 0. The Morgan fingerprint density at radius 1 is 1.14 bits per heavy atom. The molecule has 0 fully saturated rings. The van der Waals surface area contributed by atoms with Crippen LogP contribution >= 0.6 is 0 Å². The molecule has 2 N–H and O–H groups in total. The molecule has 4 heterocycles. The lowest BCUT2D eigenvalue weighted by molar-refractivity contribution is -0.0340. The van der Waals surface area contributed by atoms with E-state index in [9.17, 15) is 0 Å². The molecule has 0 saturated heterocycles. The van der Waals surface area contributed by atoms with Crippen LogP contribution in [0.1, 0.15) is 16.8 Å². The van der Waals surface area contributed by atoms with E-state index in [4.69, 9.17) is 14.5 Å². The molecule has 0 saturated carbocycles. The third-order valence-electron chi connectivity index (χ3n) is 5.69. The van der Waals surface area contributed by atoms with E-state index in [0.717, 1.165) is 39.5 Å². The van der Waals surface area contributed by atoms with Crippen molar-refractivity contribution in [2.75, 3.05) is 25.1 Å². The fourth-order valence-corrected chi connectivity index (χ4v) is 3.86. The zero-order valence-electron chi connectivity index (χ0n) is 20.2. The second kappa shape index (κ2) is 11.6. The van der Waals surface area contributed by atoms with Crippen molar-refractivity contribution in [3.8, 4) is 17.0 Å². The molecule has 9 nitrogen and oxygen atoms in total. The first-order chi connectivity index (χ1) is 17.7. The molecule has 4 aromatic rings. The van der Waals surface area contributed by atoms with Crippen molar-refractivity contribution in [3.05, 3.63) is 90.4 Å². The molecule has 1 aliphatic heterocycles. The predicted molar refractivity (Wildman–Crippen MR) is 137 cm³/mol. The number of nitrogens with zero attached hydrogens (tertiary/aromatic N) is 5. The van der Waals surface area contributed by atoms with Crippen LogP contribution in [0.5, 0.6) is 5.75 Å². The highest BCUT2D eigenvalue weighted by atomic mass is 16.5. The molecule has 184 valence electrons. The fourth-order valence-electron chi connectivity index (χ4n) is 3.86. The van der Waals surface area contributed by atoms with E-state index in [1.54, 1.807) is 18.7 Å². The lowest BCUT2D eigenvalue weighted by atomic mass is 10.1. The number of anilines is 2. The van der Waals surface area contributed by atoms with Gasteiger partial charge in [-0.3, -0.25) is 4.98 Å². The van der Waals surface area contributed by atoms with Gasteiger partial charge in [-0.05, 0) is 48.9 Å². The smallest absolute Gasteiger partial charge is 0.227 e. The van der Waals surface area contributed by atoms with Gasteiger partial charge in [0.25, 0.3) is 0 Å². The zero-order valence-corrected chi connectivity index (χ0v) is 20.2. The number of nitrogens with one attached hydrogen (secondary N) is 1. The number of rotatable bonds is 4. The second-order valence-corrected chi connectivity index (χ2v) is 8.41. The van der Waals surface area contributed by atoms with Crippen molar-refractivity contribution in [2.24, 2.45) is 0 Å². The van der Waals surface area contributed by atoms with Crippen LogP contribution in [0.25, 0.3) is 11.3 Å². The van der Waals surface area contributed by atoms with Crippen molar-refractivity contribution < 1.29 is 14.2 Å². The molecule has 0 radical (unpaired) electrons. The van der Waals surface area contributed by atoms with Gasteiger partial charge in [-0.25, -0.2) is 15.0 Å². The Labute approximate surface area is 209 Å². The molecule has 1 aliphatic rings. The molecule has 6 bridgehead atoms. The van der Waals surface area contributed by atoms with Gasteiger partial charge in [0.15, 0.2) is 13.2 Å². The van der Waals surface area contributed by atoms with E-state index in [-0.39, 0.29) is 0 Å². The van der Waals surface area contributed by atoms with Crippen molar-refractivity contribution in [2.45, 2.75) is 26.7 Å². The number of imidazole rings is 1. The van der Waals surface area contributed by atoms with Crippen LogP contribution in [0.3, 0.4) is 0 Å². The minimum Gasteiger partial charge on any atom is -0.491 e. The predicted octanol–water partition coefficient (Wildman–Crippen LogP) is 3.98. The van der Waals surface area contributed by atoms with Gasteiger partial charge in [-0.2, -0.15) is 0 Å². The van der Waals surface area contributed by atoms with E-state index in [1.165, 1.54) is 0 Å². The summed E-state index contributed by atoms with van der Waals surface area (Å²) in [6.07, 6.45) is 13.1. The Balaban J connectivity index is 1.41. The van der Waals surface area contributed by atoms with Crippen molar-refractivity contribution >= 4 is 11.6 Å². The molecule has 0 amide bonds. The zero-order chi connectivity index (χ0) is 24.6. The minimum atomic E-state index is 0.409. The SMILES string of the molecule is Cc1cnc2nc1-c1ccnc(c1)C[OH+]C/C=C/COCc1cc(ccc1OCCn1ccnc1)N2. The van der Waals surface area contributed by atoms with Crippen LogP contribution < -0.4 is 10.1 Å². The third kappa shape index (κ3) is 6.12. The topological polar surface area (TPSA) is 99.8 Å². The number of fused-ring (bicyclic) bond motifs is 7. The van der Waals surface area contributed by atoms with Crippen molar-refractivity contribution in [1.82, 2.24) is 24.5 Å². The van der Waals surface area contributed by atoms with Crippen molar-refractivity contribution in [3.63, 3.8) is 0 Å². The Hall–Kier alpha value is -4.08. The van der Waals surface area contributed by atoms with E-state index in [1.807, 2.05) is 66.4 Å². The minimum absolute atomic E-state index is 0.409. The summed E-state index contributed by atoms with van der Waals surface area (Å²) in [4.78, 5) is 17.8. The summed E-state index contributed by atoms with van der Waals surface area (Å²) in [7, 11) is 0. The largest absolute Gasteiger partial charge is 0.491 e. The first kappa shape index (κ1) is 23.7. The van der Waals surface area contributed by atoms with E-state index in [2.05, 4.69) is 25.0 Å². The quantitative estimate of drug-likeness (QED) is 0.345. The molecular weight excluding hydrogens is 456 g/mol. The molecule has 0 aliphatic carbocycles. The highest BCUT2D eigenvalue weighted by molar-refractivity contribution is 5.65. The van der Waals surface area contributed by atoms with E-state index >= 15 is 0 Å².